The van der Waals surface area contributed by atoms with Gasteiger partial charge in [-0.25, -0.2) is 18.7 Å². The van der Waals surface area contributed by atoms with E-state index in [0.717, 1.165) is 0 Å². The summed E-state index contributed by atoms with van der Waals surface area (Å²) >= 11 is 5.91. The third-order valence-corrected chi connectivity index (χ3v) is 7.77. The molecule has 1 amide bonds. The Kier molecular flexibility index (Phi) is 7.97. The molecular weight excluding hydrogens is 526 g/mol. The van der Waals surface area contributed by atoms with Gasteiger partial charge in [-0.15, -0.1) is 0 Å². The van der Waals surface area contributed by atoms with Gasteiger partial charge in [-0.1, -0.05) is 17.7 Å². The number of amides is 1. The number of likely N-dealkylation sites (N-methyl/N-ethyl adjacent to an activating group) is 1. The van der Waals surface area contributed by atoms with Gasteiger partial charge in [-0.05, 0) is 45.2 Å². The lowest BCUT2D eigenvalue weighted by Gasteiger charge is -2.44. The van der Waals surface area contributed by atoms with E-state index in [9.17, 15) is 9.18 Å². The molecule has 1 aromatic heterocycles. The van der Waals surface area contributed by atoms with Crippen LogP contribution in [-0.4, -0.2) is 79.3 Å². The highest BCUT2D eigenvalue weighted by Gasteiger charge is 2.29. The van der Waals surface area contributed by atoms with Crippen LogP contribution in [0, 0.1) is 11.6 Å². The fourth-order valence-electron chi connectivity index (χ4n) is 5.00. The minimum atomic E-state index is -0.811. The van der Waals surface area contributed by atoms with E-state index in [1.165, 1.54) is 24.3 Å². The maximum atomic E-state index is 15.7. The quantitative estimate of drug-likeness (QED) is 0.488. The van der Waals surface area contributed by atoms with Crippen molar-refractivity contribution in [3.8, 4) is 11.1 Å². The summed E-state index contributed by atoms with van der Waals surface area (Å²) in [6.07, 6.45) is 3.14. The van der Waals surface area contributed by atoms with Crippen molar-refractivity contribution in [1.29, 1.82) is 0 Å². The molecule has 2 saturated heterocycles. The van der Waals surface area contributed by atoms with Crippen LogP contribution in [-0.2, 0) is 4.74 Å². The molecule has 3 heterocycles. The molecule has 2 unspecified atom stereocenters. The number of hydrogen-bond donors (Lipinski definition) is 1. The van der Waals surface area contributed by atoms with E-state index < -0.39 is 17.5 Å². The molecule has 2 aliphatic rings. The molecule has 0 aliphatic carbocycles. The SMILES string of the molecule is CC1CN(c2cc(F)c(-c3cnc(N4CCOCC4)nc3)cc2NC(=O)c2cccc(Cl)c2F)CC(C)N1C. The molecule has 39 heavy (non-hydrogen) atoms. The molecule has 3 aromatic rings. The Bertz CT molecular complexity index is 1340. The summed E-state index contributed by atoms with van der Waals surface area (Å²) in [5.41, 5.74) is 1.37. The molecule has 0 spiro atoms. The van der Waals surface area contributed by atoms with Gasteiger partial charge in [0.15, 0.2) is 5.82 Å². The van der Waals surface area contributed by atoms with Crippen LogP contribution in [0.1, 0.15) is 24.2 Å². The monoisotopic (exact) mass is 556 g/mol. The molecule has 5 rings (SSSR count). The smallest absolute Gasteiger partial charge is 0.258 e. The maximum absolute atomic E-state index is 15.7. The number of nitrogens with one attached hydrogen (secondary N) is 1. The van der Waals surface area contributed by atoms with E-state index in [-0.39, 0.29) is 28.2 Å². The zero-order valence-corrected chi connectivity index (χ0v) is 22.9. The van der Waals surface area contributed by atoms with Crippen molar-refractivity contribution in [3.63, 3.8) is 0 Å². The number of carbonyl (C=O) groups excluding carboxylic acids is 1. The Morgan fingerprint density at radius 1 is 1.05 bits per heavy atom. The minimum absolute atomic E-state index is 0.151. The van der Waals surface area contributed by atoms with Gasteiger partial charge in [0.05, 0.1) is 35.2 Å². The van der Waals surface area contributed by atoms with E-state index in [1.54, 1.807) is 18.5 Å². The molecule has 0 bridgehead atoms. The number of rotatable bonds is 5. The van der Waals surface area contributed by atoms with Crippen molar-refractivity contribution in [2.24, 2.45) is 0 Å². The maximum Gasteiger partial charge on any atom is 0.258 e. The van der Waals surface area contributed by atoms with Crippen LogP contribution in [0.15, 0.2) is 42.7 Å². The highest BCUT2D eigenvalue weighted by atomic mass is 35.5. The summed E-state index contributed by atoms with van der Waals surface area (Å²) in [7, 11) is 2.06. The highest BCUT2D eigenvalue weighted by molar-refractivity contribution is 6.31. The van der Waals surface area contributed by atoms with Crippen molar-refractivity contribution in [2.75, 3.05) is 61.6 Å². The molecule has 0 saturated carbocycles. The number of aromatic nitrogens is 2. The van der Waals surface area contributed by atoms with Gasteiger partial charge in [-0.2, -0.15) is 0 Å². The predicted octanol–water partition coefficient (Wildman–Crippen LogP) is 4.69. The number of halogens is 3. The summed E-state index contributed by atoms with van der Waals surface area (Å²) in [5, 5.41) is 2.66. The molecule has 2 aromatic carbocycles. The van der Waals surface area contributed by atoms with Crippen molar-refractivity contribution >= 4 is 34.8 Å². The Morgan fingerprint density at radius 3 is 2.38 bits per heavy atom. The van der Waals surface area contributed by atoms with Crippen LogP contribution >= 0.6 is 11.6 Å². The topological polar surface area (TPSA) is 73.8 Å². The van der Waals surface area contributed by atoms with Gasteiger partial charge in [0, 0.05) is 61.8 Å². The van der Waals surface area contributed by atoms with Crippen molar-refractivity contribution in [2.45, 2.75) is 25.9 Å². The van der Waals surface area contributed by atoms with Gasteiger partial charge in [0.25, 0.3) is 5.91 Å². The van der Waals surface area contributed by atoms with E-state index in [4.69, 9.17) is 16.3 Å². The Hall–Kier alpha value is -3.34. The summed E-state index contributed by atoms with van der Waals surface area (Å²) in [6.45, 7) is 8.01. The number of anilines is 3. The number of benzene rings is 2. The number of ether oxygens (including phenoxy) is 1. The lowest BCUT2D eigenvalue weighted by atomic mass is 10.0. The second-order valence-electron chi connectivity index (χ2n) is 10.0. The van der Waals surface area contributed by atoms with Gasteiger partial charge >= 0.3 is 0 Å². The van der Waals surface area contributed by atoms with Crippen LogP contribution < -0.4 is 15.1 Å². The number of hydrogen-bond acceptors (Lipinski definition) is 7. The molecule has 206 valence electrons. The van der Waals surface area contributed by atoms with E-state index >= 15 is 4.39 Å². The fourth-order valence-corrected chi connectivity index (χ4v) is 5.18. The van der Waals surface area contributed by atoms with Gasteiger partial charge in [-0.3, -0.25) is 9.69 Å². The molecule has 2 fully saturated rings. The summed E-state index contributed by atoms with van der Waals surface area (Å²) in [4.78, 5) is 28.4. The Morgan fingerprint density at radius 2 is 1.72 bits per heavy atom. The first-order valence-electron chi connectivity index (χ1n) is 12.9. The largest absolute Gasteiger partial charge is 0.378 e. The molecule has 2 atom stereocenters. The first-order chi connectivity index (χ1) is 18.7. The lowest BCUT2D eigenvalue weighted by molar-refractivity contribution is 0.102. The fraction of sp³-hybridized carbons (Fsp3) is 0.393. The lowest BCUT2D eigenvalue weighted by Crippen LogP contribution is -2.55. The van der Waals surface area contributed by atoms with Crippen LogP contribution in [0.25, 0.3) is 11.1 Å². The Balaban J connectivity index is 1.52. The second kappa shape index (κ2) is 11.4. The minimum Gasteiger partial charge on any atom is -0.378 e. The standard InChI is InChI=1S/C28H31ClF2N6O2/c1-17-15-37(16-18(2)35(17)3)25-12-23(30)21(19-13-32-28(33-14-19)36-7-9-39-10-8-36)11-24(25)34-27(38)20-5-4-6-22(29)26(20)31/h4-6,11-14,17-18H,7-10,15-16H2,1-3H3,(H,34,38). The van der Waals surface area contributed by atoms with E-state index in [1.807, 2.05) is 9.80 Å². The average Bonchev–Trinajstić information content (AvgIpc) is 2.94. The summed E-state index contributed by atoms with van der Waals surface area (Å²) in [5.74, 6) is -1.42. The number of carbonyl (C=O) groups is 1. The average molecular weight is 557 g/mol. The van der Waals surface area contributed by atoms with Gasteiger partial charge < -0.3 is 19.9 Å². The molecule has 0 radical (unpaired) electrons. The Labute approximate surface area is 231 Å². The normalized spacial score (nSPS) is 20.3. The first kappa shape index (κ1) is 27.2. The van der Waals surface area contributed by atoms with Crippen LogP contribution in [0.5, 0.6) is 0 Å². The van der Waals surface area contributed by atoms with Crippen LogP contribution in [0.2, 0.25) is 5.02 Å². The molecular formula is C28H31ClF2N6O2. The van der Waals surface area contributed by atoms with Gasteiger partial charge in [0.1, 0.15) is 5.82 Å². The van der Waals surface area contributed by atoms with Crippen molar-refractivity contribution in [3.05, 3.63) is 64.9 Å². The first-order valence-corrected chi connectivity index (χ1v) is 13.3. The second-order valence-corrected chi connectivity index (χ2v) is 10.5. The molecule has 1 N–H and O–H groups in total. The van der Waals surface area contributed by atoms with E-state index in [0.29, 0.717) is 62.3 Å². The third-order valence-electron chi connectivity index (χ3n) is 7.47. The molecule has 8 nitrogen and oxygen atoms in total. The summed E-state index contributed by atoms with van der Waals surface area (Å²) in [6, 6.07) is 7.62. The molecule has 11 heteroatoms. The summed E-state index contributed by atoms with van der Waals surface area (Å²) < 4.78 is 35.7. The number of morpholine rings is 1. The number of piperazine rings is 1. The van der Waals surface area contributed by atoms with Crippen LogP contribution in [0.3, 0.4) is 0 Å². The highest BCUT2D eigenvalue weighted by Crippen LogP contribution is 2.36. The predicted molar refractivity (Wildman–Crippen MR) is 149 cm³/mol. The van der Waals surface area contributed by atoms with Gasteiger partial charge in [0.2, 0.25) is 5.95 Å². The molecule has 2 aliphatic heterocycles. The zero-order chi connectivity index (χ0) is 27.7. The van der Waals surface area contributed by atoms with Crippen molar-refractivity contribution < 1.29 is 18.3 Å². The zero-order valence-electron chi connectivity index (χ0n) is 22.1. The third kappa shape index (κ3) is 5.68. The van der Waals surface area contributed by atoms with Crippen LogP contribution in [0.4, 0.5) is 26.1 Å². The van der Waals surface area contributed by atoms with Crippen molar-refractivity contribution in [1.82, 2.24) is 14.9 Å². The van der Waals surface area contributed by atoms with E-state index in [2.05, 4.69) is 41.1 Å². The number of nitrogens with zero attached hydrogens (tertiary/aromatic N) is 5.